The van der Waals surface area contributed by atoms with Gasteiger partial charge in [-0.05, 0) is 30.2 Å². The van der Waals surface area contributed by atoms with Crippen LogP contribution in [0.2, 0.25) is 0 Å². The number of carbonyl (C=O) groups is 2. The normalized spacial score (nSPS) is 15.2. The van der Waals surface area contributed by atoms with Crippen LogP contribution < -0.4 is 15.5 Å². The molecule has 0 spiro atoms. The molecule has 28 heavy (non-hydrogen) atoms. The molecule has 1 aliphatic rings. The van der Waals surface area contributed by atoms with E-state index in [4.69, 9.17) is 0 Å². The first kappa shape index (κ1) is 19.7. The van der Waals surface area contributed by atoms with Crippen LogP contribution in [0.4, 0.5) is 16.2 Å². The number of carbonyl (C=O) groups excluding carboxylic acids is 2. The van der Waals surface area contributed by atoms with Crippen molar-refractivity contribution in [1.82, 2.24) is 15.2 Å². The highest BCUT2D eigenvalue weighted by atomic mass is 16.2. The lowest BCUT2D eigenvalue weighted by Crippen LogP contribution is -2.56. The highest BCUT2D eigenvalue weighted by Gasteiger charge is 2.28. The standard InChI is InChI=1S/C21H27N5O2/c1-16(2)19(20(27)23-17-8-10-22-11-9-17)24-21(28)26-14-12-25(13-15-26)18-6-4-3-5-7-18/h3-11,16,19H,12-15H2,1-2H3,(H,24,28)(H,22,23,27). The fourth-order valence-electron chi connectivity index (χ4n) is 3.22. The average Bonchev–Trinajstić information content (AvgIpc) is 2.73. The number of piperazine rings is 1. The zero-order chi connectivity index (χ0) is 19.9. The van der Waals surface area contributed by atoms with E-state index >= 15 is 0 Å². The molecule has 2 aromatic rings. The summed E-state index contributed by atoms with van der Waals surface area (Å²) in [6, 6.07) is 12.8. The number of nitrogens with zero attached hydrogens (tertiary/aromatic N) is 3. The summed E-state index contributed by atoms with van der Waals surface area (Å²) < 4.78 is 0. The molecular weight excluding hydrogens is 354 g/mol. The van der Waals surface area contributed by atoms with Gasteiger partial charge in [-0.2, -0.15) is 0 Å². The van der Waals surface area contributed by atoms with Gasteiger partial charge >= 0.3 is 6.03 Å². The summed E-state index contributed by atoms with van der Waals surface area (Å²) in [5.41, 5.74) is 1.83. The van der Waals surface area contributed by atoms with E-state index in [2.05, 4.69) is 32.7 Å². The number of benzene rings is 1. The number of hydrogen-bond donors (Lipinski definition) is 2. The molecule has 0 radical (unpaired) electrons. The van der Waals surface area contributed by atoms with E-state index in [1.54, 1.807) is 29.4 Å². The first-order valence-electron chi connectivity index (χ1n) is 9.61. The number of rotatable bonds is 5. The molecule has 0 aliphatic carbocycles. The highest BCUT2D eigenvalue weighted by molar-refractivity contribution is 5.97. The Hall–Kier alpha value is -3.09. The van der Waals surface area contributed by atoms with E-state index in [-0.39, 0.29) is 17.9 Å². The van der Waals surface area contributed by atoms with Crippen molar-refractivity contribution in [2.24, 2.45) is 5.92 Å². The molecule has 1 unspecified atom stereocenters. The summed E-state index contributed by atoms with van der Waals surface area (Å²) >= 11 is 0. The Kier molecular flexibility index (Phi) is 6.47. The van der Waals surface area contributed by atoms with Crippen molar-refractivity contribution in [2.75, 3.05) is 36.4 Å². The topological polar surface area (TPSA) is 77.6 Å². The molecule has 2 N–H and O–H groups in total. The first-order valence-corrected chi connectivity index (χ1v) is 9.61. The molecule has 1 atom stereocenters. The van der Waals surface area contributed by atoms with Crippen molar-refractivity contribution in [3.05, 3.63) is 54.9 Å². The maximum atomic E-state index is 12.7. The molecule has 3 amide bonds. The van der Waals surface area contributed by atoms with Gasteiger partial charge in [0.05, 0.1) is 0 Å². The predicted molar refractivity (Wildman–Crippen MR) is 110 cm³/mol. The average molecular weight is 381 g/mol. The van der Waals surface area contributed by atoms with E-state index in [1.165, 1.54) is 5.69 Å². The van der Waals surface area contributed by atoms with Gasteiger partial charge in [0, 0.05) is 49.9 Å². The molecule has 1 aromatic carbocycles. The molecule has 148 valence electrons. The van der Waals surface area contributed by atoms with Gasteiger partial charge in [0.1, 0.15) is 6.04 Å². The summed E-state index contributed by atoms with van der Waals surface area (Å²) in [5, 5.41) is 5.74. The van der Waals surface area contributed by atoms with Crippen LogP contribution in [-0.4, -0.2) is 54.0 Å². The van der Waals surface area contributed by atoms with E-state index in [0.717, 1.165) is 13.1 Å². The van der Waals surface area contributed by atoms with Gasteiger partial charge in [-0.1, -0.05) is 32.0 Å². The Balaban J connectivity index is 1.55. The van der Waals surface area contributed by atoms with Crippen LogP contribution in [-0.2, 0) is 4.79 Å². The monoisotopic (exact) mass is 381 g/mol. The van der Waals surface area contributed by atoms with Crippen molar-refractivity contribution in [1.29, 1.82) is 0 Å². The van der Waals surface area contributed by atoms with Gasteiger partial charge in [-0.3, -0.25) is 9.78 Å². The second-order valence-electron chi connectivity index (χ2n) is 7.21. The zero-order valence-corrected chi connectivity index (χ0v) is 16.3. The van der Waals surface area contributed by atoms with Crippen LogP contribution in [0, 0.1) is 5.92 Å². The molecule has 2 heterocycles. The van der Waals surface area contributed by atoms with E-state index in [9.17, 15) is 9.59 Å². The second-order valence-corrected chi connectivity index (χ2v) is 7.21. The molecular formula is C21H27N5O2. The minimum atomic E-state index is -0.604. The van der Waals surface area contributed by atoms with E-state index < -0.39 is 6.04 Å². The highest BCUT2D eigenvalue weighted by Crippen LogP contribution is 2.16. The third-order valence-electron chi connectivity index (χ3n) is 4.86. The smallest absolute Gasteiger partial charge is 0.318 e. The number of aromatic nitrogens is 1. The first-order chi connectivity index (χ1) is 13.5. The Morgan fingerprint density at radius 3 is 2.21 bits per heavy atom. The number of amides is 3. The van der Waals surface area contributed by atoms with Gasteiger partial charge in [-0.15, -0.1) is 0 Å². The number of urea groups is 1. The molecule has 7 heteroatoms. The third kappa shape index (κ3) is 5.00. The van der Waals surface area contributed by atoms with Crippen molar-refractivity contribution >= 4 is 23.3 Å². The van der Waals surface area contributed by atoms with Crippen molar-refractivity contribution in [3.8, 4) is 0 Å². The molecule has 1 aromatic heterocycles. The van der Waals surface area contributed by atoms with Gasteiger partial charge < -0.3 is 20.4 Å². The summed E-state index contributed by atoms with van der Waals surface area (Å²) in [6.45, 7) is 6.63. The largest absolute Gasteiger partial charge is 0.368 e. The number of pyridine rings is 1. The SMILES string of the molecule is CC(C)C(NC(=O)N1CCN(c2ccccc2)CC1)C(=O)Nc1ccncc1. The lowest BCUT2D eigenvalue weighted by molar-refractivity contribution is -0.118. The molecule has 7 nitrogen and oxygen atoms in total. The lowest BCUT2D eigenvalue weighted by Gasteiger charge is -2.37. The number of hydrogen-bond acceptors (Lipinski definition) is 4. The van der Waals surface area contributed by atoms with Crippen LogP contribution in [0.5, 0.6) is 0 Å². The van der Waals surface area contributed by atoms with Crippen LogP contribution in [0.15, 0.2) is 54.9 Å². The van der Waals surface area contributed by atoms with Crippen LogP contribution in [0.1, 0.15) is 13.8 Å². The van der Waals surface area contributed by atoms with E-state index in [0.29, 0.717) is 18.8 Å². The molecule has 0 bridgehead atoms. The number of anilines is 2. The Morgan fingerprint density at radius 1 is 0.964 bits per heavy atom. The zero-order valence-electron chi connectivity index (χ0n) is 16.3. The third-order valence-corrected chi connectivity index (χ3v) is 4.86. The minimum absolute atomic E-state index is 0.0311. The summed E-state index contributed by atoms with van der Waals surface area (Å²) in [7, 11) is 0. The summed E-state index contributed by atoms with van der Waals surface area (Å²) in [4.78, 5) is 33.3. The number of nitrogens with one attached hydrogen (secondary N) is 2. The summed E-state index contributed by atoms with van der Waals surface area (Å²) in [6.07, 6.45) is 3.23. The second kappa shape index (κ2) is 9.21. The Labute approximate surface area is 165 Å². The molecule has 1 aliphatic heterocycles. The summed E-state index contributed by atoms with van der Waals surface area (Å²) in [5.74, 6) is -0.256. The van der Waals surface area contributed by atoms with Crippen LogP contribution >= 0.6 is 0 Å². The van der Waals surface area contributed by atoms with Gasteiger partial charge in [-0.25, -0.2) is 4.79 Å². The van der Waals surface area contributed by atoms with Gasteiger partial charge in [0.25, 0.3) is 0 Å². The van der Waals surface area contributed by atoms with Crippen molar-refractivity contribution in [3.63, 3.8) is 0 Å². The van der Waals surface area contributed by atoms with Crippen LogP contribution in [0.25, 0.3) is 0 Å². The molecule has 1 fully saturated rings. The van der Waals surface area contributed by atoms with Crippen molar-refractivity contribution < 1.29 is 9.59 Å². The predicted octanol–water partition coefficient (Wildman–Crippen LogP) is 2.58. The molecule has 0 saturated carbocycles. The van der Waals surface area contributed by atoms with Gasteiger partial charge in [0.2, 0.25) is 5.91 Å². The Morgan fingerprint density at radius 2 is 1.61 bits per heavy atom. The quantitative estimate of drug-likeness (QED) is 0.835. The molecule has 3 rings (SSSR count). The Bertz CT molecular complexity index is 774. The minimum Gasteiger partial charge on any atom is -0.368 e. The molecule has 1 saturated heterocycles. The van der Waals surface area contributed by atoms with E-state index in [1.807, 2.05) is 32.0 Å². The number of para-hydroxylation sites is 1. The maximum absolute atomic E-state index is 12.7. The van der Waals surface area contributed by atoms with Crippen molar-refractivity contribution in [2.45, 2.75) is 19.9 Å². The fraction of sp³-hybridized carbons (Fsp3) is 0.381. The van der Waals surface area contributed by atoms with Gasteiger partial charge in [0.15, 0.2) is 0 Å². The lowest BCUT2D eigenvalue weighted by atomic mass is 10.0. The fourth-order valence-corrected chi connectivity index (χ4v) is 3.22. The van der Waals surface area contributed by atoms with Crippen LogP contribution in [0.3, 0.4) is 0 Å². The maximum Gasteiger partial charge on any atom is 0.318 e.